The molecule has 0 aromatic heterocycles. The predicted molar refractivity (Wildman–Crippen MR) is 46.6 cm³/mol. The molecule has 0 heterocycles. The van der Waals surface area contributed by atoms with Crippen LogP contribution in [0.5, 0.6) is 0 Å². The highest BCUT2D eigenvalue weighted by molar-refractivity contribution is 5.70. The van der Waals surface area contributed by atoms with Crippen LogP contribution in [0.1, 0.15) is 13.3 Å². The molecule has 0 saturated carbocycles. The van der Waals surface area contributed by atoms with Crippen LogP contribution >= 0.6 is 0 Å². The first-order valence-corrected chi connectivity index (χ1v) is 3.76. The van der Waals surface area contributed by atoms with Gasteiger partial charge in [-0.3, -0.25) is 4.79 Å². The van der Waals surface area contributed by atoms with E-state index in [4.69, 9.17) is 0 Å². The Labute approximate surface area is 72.3 Å². The average Bonchev–Trinajstić information content (AvgIpc) is 2.03. The molecule has 0 saturated heterocycles. The van der Waals surface area contributed by atoms with Crippen molar-refractivity contribution in [3.8, 4) is 0 Å². The van der Waals surface area contributed by atoms with E-state index in [9.17, 15) is 9.90 Å². The summed E-state index contributed by atoms with van der Waals surface area (Å²) in [5.74, 6) is -0.423. The molecule has 0 aliphatic carbocycles. The second kappa shape index (κ2) is 5.55. The molecule has 0 amide bonds. The summed E-state index contributed by atoms with van der Waals surface area (Å²) in [6.07, 6.45) is 0.490. The zero-order chi connectivity index (χ0) is 9.56. The number of aliphatic hydroxyl groups excluding tert-OH is 1. The molecule has 0 aliphatic rings. The van der Waals surface area contributed by atoms with E-state index in [0.29, 0.717) is 12.2 Å². The normalized spacial score (nSPS) is 11.8. The minimum absolute atomic E-state index is 0.0569. The van der Waals surface area contributed by atoms with Gasteiger partial charge in [0.1, 0.15) is 0 Å². The molecule has 0 aromatic rings. The molecule has 0 radical (unpaired) electrons. The second-order valence-electron chi connectivity index (χ2n) is 2.30. The van der Waals surface area contributed by atoms with E-state index in [1.807, 2.05) is 0 Å². The van der Waals surface area contributed by atoms with Crippen LogP contribution in [0.4, 0.5) is 0 Å². The lowest BCUT2D eigenvalue weighted by molar-refractivity contribution is -0.144. The topological polar surface area (TPSA) is 46.5 Å². The van der Waals surface area contributed by atoms with Gasteiger partial charge in [0.15, 0.2) is 0 Å². The Morgan fingerprint density at radius 2 is 2.33 bits per heavy atom. The van der Waals surface area contributed by atoms with Crippen molar-refractivity contribution in [2.24, 2.45) is 0 Å². The Morgan fingerprint density at radius 1 is 1.75 bits per heavy atom. The van der Waals surface area contributed by atoms with Crippen molar-refractivity contribution >= 4 is 5.97 Å². The molecule has 0 fully saturated rings. The molecule has 0 rings (SSSR count). The fourth-order valence-electron chi connectivity index (χ4n) is 0.645. The number of rotatable bonds is 5. The maximum atomic E-state index is 10.8. The smallest absolute Gasteiger partial charge is 0.308 e. The van der Waals surface area contributed by atoms with Crippen LogP contribution in [0, 0.1) is 0 Å². The highest BCUT2D eigenvalue weighted by Gasteiger charge is 2.12. The maximum absolute atomic E-state index is 10.8. The van der Waals surface area contributed by atoms with Gasteiger partial charge in [-0.05, 0) is 12.5 Å². The third kappa shape index (κ3) is 3.93. The van der Waals surface area contributed by atoms with Crippen LogP contribution in [0.25, 0.3) is 0 Å². The number of aliphatic hydroxyl groups is 1. The second-order valence-corrected chi connectivity index (χ2v) is 2.30. The van der Waals surface area contributed by atoms with Crippen molar-refractivity contribution in [3.63, 3.8) is 0 Å². The lowest BCUT2D eigenvalue weighted by Crippen LogP contribution is -2.16. The molecule has 12 heavy (non-hydrogen) atoms. The molecule has 1 atom stereocenters. The first-order valence-electron chi connectivity index (χ1n) is 3.76. The molecule has 0 aromatic carbocycles. The summed E-state index contributed by atoms with van der Waals surface area (Å²) in [6, 6.07) is 0. The van der Waals surface area contributed by atoms with Crippen LogP contribution in [0.2, 0.25) is 0 Å². The quantitative estimate of drug-likeness (QED) is 0.495. The SMILES string of the molecule is C=CC(=C)C(O)CC(=O)OCC. The first kappa shape index (κ1) is 10.9. The third-order valence-corrected chi connectivity index (χ3v) is 1.36. The lowest BCUT2D eigenvalue weighted by Gasteiger charge is -2.08. The maximum Gasteiger partial charge on any atom is 0.308 e. The predicted octanol–water partition coefficient (Wildman–Crippen LogP) is 1.04. The molecule has 3 nitrogen and oxygen atoms in total. The van der Waals surface area contributed by atoms with Gasteiger partial charge in [0.05, 0.1) is 19.1 Å². The van der Waals surface area contributed by atoms with Crippen LogP contribution < -0.4 is 0 Å². The average molecular weight is 170 g/mol. The molecular weight excluding hydrogens is 156 g/mol. The van der Waals surface area contributed by atoms with Crippen LogP contribution in [0.3, 0.4) is 0 Å². The number of esters is 1. The fourth-order valence-corrected chi connectivity index (χ4v) is 0.645. The van der Waals surface area contributed by atoms with Crippen molar-refractivity contribution in [1.82, 2.24) is 0 Å². The molecular formula is C9H14O3. The molecule has 0 spiro atoms. The summed E-state index contributed by atoms with van der Waals surface area (Å²) in [7, 11) is 0. The fraction of sp³-hybridized carbons (Fsp3) is 0.444. The summed E-state index contributed by atoms with van der Waals surface area (Å²) in [5, 5.41) is 9.24. The van der Waals surface area contributed by atoms with Crippen molar-refractivity contribution in [3.05, 3.63) is 24.8 Å². The van der Waals surface area contributed by atoms with Crippen molar-refractivity contribution in [1.29, 1.82) is 0 Å². The highest BCUT2D eigenvalue weighted by atomic mass is 16.5. The Morgan fingerprint density at radius 3 is 2.75 bits per heavy atom. The van der Waals surface area contributed by atoms with E-state index in [1.165, 1.54) is 6.08 Å². The van der Waals surface area contributed by atoms with Crippen LogP contribution in [0.15, 0.2) is 24.8 Å². The molecule has 0 bridgehead atoms. The minimum atomic E-state index is -0.874. The minimum Gasteiger partial charge on any atom is -0.466 e. The van der Waals surface area contributed by atoms with E-state index in [1.54, 1.807) is 6.92 Å². The van der Waals surface area contributed by atoms with Gasteiger partial charge in [-0.15, -0.1) is 0 Å². The number of carbonyl (C=O) groups is 1. The van der Waals surface area contributed by atoms with Crippen molar-refractivity contribution in [2.75, 3.05) is 6.61 Å². The summed E-state index contributed by atoms with van der Waals surface area (Å²) < 4.78 is 4.63. The van der Waals surface area contributed by atoms with E-state index in [-0.39, 0.29) is 6.42 Å². The third-order valence-electron chi connectivity index (χ3n) is 1.36. The van der Waals surface area contributed by atoms with Crippen molar-refractivity contribution < 1.29 is 14.6 Å². The molecule has 68 valence electrons. The van der Waals surface area contributed by atoms with E-state index >= 15 is 0 Å². The van der Waals surface area contributed by atoms with Gasteiger partial charge in [-0.1, -0.05) is 19.2 Å². The summed E-state index contributed by atoms with van der Waals surface area (Å²) in [4.78, 5) is 10.8. The van der Waals surface area contributed by atoms with Crippen LogP contribution in [-0.4, -0.2) is 23.8 Å². The van der Waals surface area contributed by atoms with Gasteiger partial charge < -0.3 is 9.84 Å². The largest absolute Gasteiger partial charge is 0.466 e. The van der Waals surface area contributed by atoms with Crippen LogP contribution in [-0.2, 0) is 9.53 Å². The lowest BCUT2D eigenvalue weighted by atomic mass is 10.1. The first-order chi connectivity index (χ1) is 5.61. The number of hydrogen-bond donors (Lipinski definition) is 1. The van der Waals surface area contributed by atoms with E-state index < -0.39 is 12.1 Å². The monoisotopic (exact) mass is 170 g/mol. The number of hydrogen-bond acceptors (Lipinski definition) is 3. The van der Waals surface area contributed by atoms with Gasteiger partial charge in [-0.2, -0.15) is 0 Å². The molecule has 1 N–H and O–H groups in total. The molecule has 1 unspecified atom stereocenters. The standard InChI is InChI=1S/C9H14O3/c1-4-7(3)8(10)6-9(11)12-5-2/h4,8,10H,1,3,5-6H2,2H3. The summed E-state index contributed by atoms with van der Waals surface area (Å²) in [6.45, 7) is 8.97. The van der Waals surface area contributed by atoms with Gasteiger partial charge >= 0.3 is 5.97 Å². The molecule has 0 aliphatic heterocycles. The van der Waals surface area contributed by atoms with Gasteiger partial charge in [-0.25, -0.2) is 0 Å². The Bertz CT molecular complexity index is 184. The van der Waals surface area contributed by atoms with Gasteiger partial charge in [0.25, 0.3) is 0 Å². The zero-order valence-corrected chi connectivity index (χ0v) is 7.25. The van der Waals surface area contributed by atoms with Gasteiger partial charge in [0, 0.05) is 0 Å². The van der Waals surface area contributed by atoms with Gasteiger partial charge in [0.2, 0.25) is 0 Å². The zero-order valence-electron chi connectivity index (χ0n) is 7.25. The summed E-state index contributed by atoms with van der Waals surface area (Å²) >= 11 is 0. The van der Waals surface area contributed by atoms with E-state index in [2.05, 4.69) is 17.9 Å². The Kier molecular flexibility index (Phi) is 5.04. The molecule has 3 heteroatoms. The van der Waals surface area contributed by atoms with E-state index in [0.717, 1.165) is 0 Å². The number of ether oxygens (including phenoxy) is 1. The highest BCUT2D eigenvalue weighted by Crippen LogP contribution is 2.05. The Hall–Kier alpha value is -1.09. The summed E-state index contributed by atoms with van der Waals surface area (Å²) in [5.41, 5.74) is 0.433. The van der Waals surface area contributed by atoms with Crippen molar-refractivity contribution in [2.45, 2.75) is 19.4 Å². The Balaban J connectivity index is 3.83. The number of carbonyl (C=O) groups excluding carboxylic acids is 1.